The third-order valence-electron chi connectivity index (χ3n) is 5.21. The fraction of sp³-hybridized carbons (Fsp3) is 0.300. The fourth-order valence-electron chi connectivity index (χ4n) is 3.26. The Bertz CT molecular complexity index is 1160. The Hall–Kier alpha value is -2.39. The second-order valence-electron chi connectivity index (χ2n) is 7.61. The molecule has 3 N–H and O–H groups in total. The second-order valence-corrected chi connectivity index (χ2v) is 9.38. The van der Waals surface area contributed by atoms with Crippen LogP contribution >= 0.6 is 10.8 Å². The van der Waals surface area contributed by atoms with Gasteiger partial charge in [0.2, 0.25) is 0 Å². The van der Waals surface area contributed by atoms with Gasteiger partial charge in [-0.25, -0.2) is 9.52 Å². The lowest BCUT2D eigenvalue weighted by atomic mass is 10.2. The van der Waals surface area contributed by atoms with Gasteiger partial charge in [0, 0.05) is 12.6 Å². The highest BCUT2D eigenvalue weighted by molar-refractivity contribution is 8.22. The third-order valence-corrected chi connectivity index (χ3v) is 6.90. The molecule has 7 nitrogen and oxygen atoms in total. The minimum Gasteiger partial charge on any atom is -0.289 e. The van der Waals surface area contributed by atoms with Crippen LogP contribution in [0.2, 0.25) is 0 Å². The summed E-state index contributed by atoms with van der Waals surface area (Å²) in [5, 5.41) is 0.276. The van der Waals surface area contributed by atoms with E-state index >= 15 is 0 Å². The smallest absolute Gasteiger partial charge is 0.289 e. The van der Waals surface area contributed by atoms with Crippen molar-refractivity contribution >= 4 is 21.7 Å². The van der Waals surface area contributed by atoms with Gasteiger partial charge >= 0.3 is 5.69 Å². The van der Waals surface area contributed by atoms with Crippen LogP contribution in [0.3, 0.4) is 0 Å². The molecule has 1 saturated carbocycles. The van der Waals surface area contributed by atoms with E-state index in [0.717, 1.165) is 23.0 Å². The molecule has 0 aliphatic heterocycles. The molecule has 0 atom stereocenters. The highest BCUT2D eigenvalue weighted by Crippen LogP contribution is 2.51. The number of hydrogen-bond acceptors (Lipinski definition) is 5. The molecule has 8 heteroatoms. The number of nitrogens with zero attached hydrogens (tertiary/aromatic N) is 2. The van der Waals surface area contributed by atoms with Crippen molar-refractivity contribution in [2.45, 2.75) is 36.7 Å². The van der Waals surface area contributed by atoms with Crippen LogP contribution in [0.5, 0.6) is 0 Å². The van der Waals surface area contributed by atoms with Crippen LogP contribution in [0.15, 0.2) is 63.0 Å². The van der Waals surface area contributed by atoms with E-state index in [0.29, 0.717) is 12.1 Å². The molecule has 2 aromatic carbocycles. The maximum absolute atomic E-state index is 12.7. The number of benzene rings is 2. The lowest BCUT2D eigenvalue weighted by Crippen LogP contribution is -2.38. The average molecular weight is 401 g/mol. The first-order valence-electron chi connectivity index (χ1n) is 9.05. The van der Waals surface area contributed by atoms with Crippen LogP contribution in [-0.4, -0.2) is 23.8 Å². The Morgan fingerprint density at radius 3 is 2.43 bits per heavy atom. The second kappa shape index (κ2) is 6.59. The van der Waals surface area contributed by atoms with Crippen molar-refractivity contribution in [2.75, 3.05) is 0 Å². The van der Waals surface area contributed by atoms with Gasteiger partial charge in [-0.15, -0.1) is 10.8 Å². The molecule has 0 saturated heterocycles. The van der Waals surface area contributed by atoms with E-state index in [1.54, 1.807) is 12.1 Å². The number of aromatic nitrogens is 2. The maximum Gasteiger partial charge on any atom is 0.331 e. The van der Waals surface area contributed by atoms with Gasteiger partial charge in [-0.3, -0.25) is 23.0 Å². The van der Waals surface area contributed by atoms with Gasteiger partial charge in [0.1, 0.15) is 0 Å². The van der Waals surface area contributed by atoms with Gasteiger partial charge < -0.3 is 0 Å². The van der Waals surface area contributed by atoms with Crippen LogP contribution in [0, 0.1) is 0 Å². The summed E-state index contributed by atoms with van der Waals surface area (Å²) in [5.74, 6) is 0. The van der Waals surface area contributed by atoms with E-state index in [1.165, 1.54) is 17.7 Å². The van der Waals surface area contributed by atoms with Gasteiger partial charge in [0.15, 0.2) is 0 Å². The largest absolute Gasteiger partial charge is 0.331 e. The van der Waals surface area contributed by atoms with Crippen LogP contribution in [-0.2, 0) is 13.6 Å². The molecule has 1 aromatic heterocycles. The minimum absolute atomic E-state index is 0.245. The maximum atomic E-state index is 12.7. The lowest BCUT2D eigenvalue weighted by Gasteiger charge is -2.36. The molecule has 3 aromatic rings. The molecule has 1 heterocycles. The van der Waals surface area contributed by atoms with Gasteiger partial charge in [0.25, 0.3) is 5.56 Å². The van der Waals surface area contributed by atoms with Crippen LogP contribution < -0.4 is 16.0 Å². The number of fused-ring (bicyclic) bond motifs is 1. The van der Waals surface area contributed by atoms with E-state index in [9.17, 15) is 18.7 Å². The van der Waals surface area contributed by atoms with Crippen molar-refractivity contribution in [3.8, 4) is 0 Å². The summed E-state index contributed by atoms with van der Waals surface area (Å²) in [4.78, 5) is 25.7. The summed E-state index contributed by atoms with van der Waals surface area (Å²) in [7, 11) is -1.81. The zero-order valence-corrected chi connectivity index (χ0v) is 16.6. The molecule has 0 bridgehead atoms. The number of hydrogen-bond donors (Lipinski definition) is 3. The zero-order chi connectivity index (χ0) is 20.1. The monoisotopic (exact) mass is 401 g/mol. The molecule has 148 valence electrons. The van der Waals surface area contributed by atoms with Gasteiger partial charge in [0.05, 0.1) is 22.3 Å². The van der Waals surface area contributed by atoms with E-state index in [1.807, 2.05) is 37.3 Å². The van der Waals surface area contributed by atoms with Crippen molar-refractivity contribution in [2.24, 2.45) is 7.05 Å². The van der Waals surface area contributed by atoms with E-state index in [4.69, 9.17) is 0 Å². The van der Waals surface area contributed by atoms with Crippen LogP contribution in [0.4, 0.5) is 0 Å². The van der Waals surface area contributed by atoms with Crippen molar-refractivity contribution < 1.29 is 9.11 Å². The highest BCUT2D eigenvalue weighted by Gasteiger charge is 2.41. The van der Waals surface area contributed by atoms with E-state index < -0.39 is 22.0 Å². The fourth-order valence-corrected chi connectivity index (χ4v) is 4.81. The van der Waals surface area contributed by atoms with Gasteiger partial charge in [-0.2, -0.15) is 0 Å². The van der Waals surface area contributed by atoms with Gasteiger partial charge in [-0.1, -0.05) is 30.3 Å². The number of nitrogens with one attached hydrogen (secondary N) is 1. The molecule has 0 radical (unpaired) electrons. The zero-order valence-electron chi connectivity index (χ0n) is 15.8. The molecule has 0 spiro atoms. The molecular formula is C20H23N3O4S. The first-order valence-corrected chi connectivity index (χ1v) is 10.6. The highest BCUT2D eigenvalue weighted by atomic mass is 32.3. The summed E-state index contributed by atoms with van der Waals surface area (Å²) >= 11 is 0. The minimum atomic E-state index is -3.24. The summed E-state index contributed by atoms with van der Waals surface area (Å²) < 4.78 is 26.7. The van der Waals surface area contributed by atoms with Crippen LogP contribution in [0.25, 0.3) is 10.9 Å². The summed E-state index contributed by atoms with van der Waals surface area (Å²) in [6.45, 7) is 2.25. The molecule has 0 amide bonds. The molecule has 28 heavy (non-hydrogen) atoms. The molecule has 4 rings (SSSR count). The summed E-state index contributed by atoms with van der Waals surface area (Å²) in [5.41, 5.74) is 0.239. The average Bonchev–Trinajstić information content (AvgIpc) is 3.39. The number of rotatable bonds is 5. The van der Waals surface area contributed by atoms with Crippen molar-refractivity contribution in [1.29, 1.82) is 0 Å². The molecule has 1 aliphatic carbocycles. The summed E-state index contributed by atoms with van der Waals surface area (Å²) in [6.07, 6.45) is 1.74. The normalized spacial score (nSPS) is 16.3. The Labute approximate surface area is 163 Å². The van der Waals surface area contributed by atoms with Crippen molar-refractivity contribution in [3.63, 3.8) is 0 Å². The molecule has 1 aliphatic rings. The molecular weight excluding hydrogens is 378 g/mol. The first kappa shape index (κ1) is 18.9. The third kappa shape index (κ3) is 3.40. The van der Waals surface area contributed by atoms with Gasteiger partial charge in [-0.05, 0) is 43.5 Å². The van der Waals surface area contributed by atoms with Crippen molar-refractivity contribution in [1.82, 2.24) is 13.9 Å². The Morgan fingerprint density at radius 2 is 1.79 bits per heavy atom. The summed E-state index contributed by atoms with van der Waals surface area (Å²) in [6, 6.07) is 14.2. The quantitative estimate of drug-likeness (QED) is 0.611. The Morgan fingerprint density at radius 1 is 1.11 bits per heavy atom. The predicted octanol–water partition coefficient (Wildman–Crippen LogP) is 2.92. The lowest BCUT2D eigenvalue weighted by molar-refractivity contribution is 0.453. The Kier molecular flexibility index (Phi) is 4.46. The van der Waals surface area contributed by atoms with E-state index in [-0.39, 0.29) is 15.8 Å². The topological polar surface area (TPSA) is 96.5 Å². The SMILES string of the molecule is Cn1c(=O)c2cc(S(O)(O)NC3(C)CC3)ccc2n(Cc2ccccc2)c1=O. The first-order chi connectivity index (χ1) is 13.2. The predicted molar refractivity (Wildman–Crippen MR) is 111 cm³/mol. The molecule has 1 fully saturated rings. The molecule has 0 unspecified atom stereocenters. The standard InChI is InChI=1S/C20H23N3O4S/c1-20(10-11-20)21-28(26,27)15-8-9-17-16(12-15)18(24)22(2)19(25)23(17)13-14-6-4-3-5-7-14/h3-9,12,21,26-27H,10-11,13H2,1-2H3. The van der Waals surface area contributed by atoms with Crippen molar-refractivity contribution in [3.05, 3.63) is 74.9 Å². The van der Waals surface area contributed by atoms with E-state index in [2.05, 4.69) is 4.72 Å². The van der Waals surface area contributed by atoms with Crippen LogP contribution in [0.1, 0.15) is 25.3 Å². The Balaban J connectivity index is 1.85.